The smallest absolute Gasteiger partial charge is 0.320 e. The van der Waals surface area contributed by atoms with Crippen LogP contribution < -0.4 is 5.73 Å². The zero-order valence-electron chi connectivity index (χ0n) is 23.1. The molecule has 0 saturated carbocycles. The van der Waals surface area contributed by atoms with Gasteiger partial charge in [0.05, 0.1) is 18.3 Å². The molecule has 1 unspecified atom stereocenters. The molecular weight excluding hydrogens is 479 g/mol. The summed E-state index contributed by atoms with van der Waals surface area (Å²) in [7, 11) is 2.05. The number of carbonyl (C=O) groups excluding carboxylic acids is 1. The van der Waals surface area contributed by atoms with E-state index in [1.54, 1.807) is 4.90 Å². The molecule has 0 spiro atoms. The highest BCUT2D eigenvalue weighted by Gasteiger charge is 2.41. The van der Waals surface area contributed by atoms with Crippen molar-refractivity contribution in [1.82, 2.24) is 24.3 Å². The molecule has 2 N–H and O–H groups in total. The number of hydrogen-bond donors (Lipinski definition) is 1. The molecule has 0 radical (unpaired) electrons. The maximum Gasteiger partial charge on any atom is 0.320 e. The lowest BCUT2D eigenvalue weighted by molar-refractivity contribution is 0.0579. The number of likely N-dealkylation sites (N-methyl/N-ethyl adjacent to an activating group) is 1. The third kappa shape index (κ3) is 6.60. The number of halogens is 1. The minimum absolute atomic E-state index is 0.0809. The van der Waals surface area contributed by atoms with Crippen molar-refractivity contribution in [3.05, 3.63) is 78.2 Å². The normalized spacial score (nSPS) is 16.3. The van der Waals surface area contributed by atoms with Crippen LogP contribution in [0.2, 0.25) is 0 Å². The molecule has 204 valence electrons. The van der Waals surface area contributed by atoms with E-state index in [1.165, 1.54) is 0 Å². The van der Waals surface area contributed by atoms with E-state index >= 15 is 0 Å². The molecule has 0 aliphatic carbocycles. The van der Waals surface area contributed by atoms with Crippen LogP contribution in [-0.4, -0.2) is 82.8 Å². The molecule has 2 aromatic carbocycles. The molecule has 1 saturated heterocycles. The van der Waals surface area contributed by atoms with Crippen molar-refractivity contribution in [2.75, 3.05) is 46.3 Å². The van der Waals surface area contributed by atoms with Gasteiger partial charge in [0.15, 0.2) is 0 Å². The van der Waals surface area contributed by atoms with Crippen molar-refractivity contribution >= 4 is 6.03 Å². The first-order chi connectivity index (χ1) is 18.2. The summed E-state index contributed by atoms with van der Waals surface area (Å²) >= 11 is 0. The molecule has 1 aliphatic rings. The summed E-state index contributed by atoms with van der Waals surface area (Å²) in [6.45, 7) is 9.41. The first kappa shape index (κ1) is 27.8. The van der Waals surface area contributed by atoms with E-state index in [0.717, 1.165) is 35.7 Å². The Morgan fingerprint density at radius 1 is 1.03 bits per heavy atom. The van der Waals surface area contributed by atoms with Gasteiger partial charge in [0.1, 0.15) is 12.0 Å². The van der Waals surface area contributed by atoms with Gasteiger partial charge in [-0.3, -0.25) is 0 Å². The molecule has 1 aliphatic heterocycles. The summed E-state index contributed by atoms with van der Waals surface area (Å²) in [6.07, 6.45) is 0.715. The number of nitrogens with zero attached hydrogens (tertiary/aromatic N) is 5. The van der Waals surface area contributed by atoms with E-state index in [-0.39, 0.29) is 19.1 Å². The maximum absolute atomic E-state index is 15.0. The number of nitrogens with two attached hydrogens (primary N) is 1. The summed E-state index contributed by atoms with van der Waals surface area (Å²) in [5.74, 6) is 0.743. The predicted octanol–water partition coefficient (Wildman–Crippen LogP) is 4.65. The first-order valence-corrected chi connectivity index (χ1v) is 13.4. The molecule has 1 aromatic heterocycles. The van der Waals surface area contributed by atoms with E-state index in [1.807, 2.05) is 59.6 Å². The molecule has 3 aromatic rings. The fraction of sp³-hybridized carbons (Fsp3) is 0.467. The van der Waals surface area contributed by atoms with Gasteiger partial charge in [0.2, 0.25) is 0 Å². The zero-order valence-corrected chi connectivity index (χ0v) is 23.1. The van der Waals surface area contributed by atoms with E-state index in [0.29, 0.717) is 19.6 Å². The van der Waals surface area contributed by atoms with E-state index in [2.05, 4.69) is 49.4 Å². The van der Waals surface area contributed by atoms with Crippen LogP contribution in [0.1, 0.15) is 38.2 Å². The van der Waals surface area contributed by atoms with Crippen molar-refractivity contribution in [3.63, 3.8) is 0 Å². The van der Waals surface area contributed by atoms with Crippen molar-refractivity contribution < 1.29 is 9.18 Å². The van der Waals surface area contributed by atoms with Crippen LogP contribution in [0.3, 0.4) is 0 Å². The topological polar surface area (TPSA) is 70.6 Å². The summed E-state index contributed by atoms with van der Waals surface area (Å²) in [5.41, 5.74) is 8.25. The van der Waals surface area contributed by atoms with Crippen LogP contribution in [0.25, 0.3) is 11.3 Å². The minimum atomic E-state index is -1.33. The van der Waals surface area contributed by atoms with Crippen LogP contribution in [0.5, 0.6) is 0 Å². The zero-order chi connectivity index (χ0) is 27.3. The van der Waals surface area contributed by atoms with Crippen molar-refractivity contribution in [2.45, 2.75) is 39.5 Å². The van der Waals surface area contributed by atoms with Gasteiger partial charge in [-0.05, 0) is 18.0 Å². The summed E-state index contributed by atoms with van der Waals surface area (Å²) in [4.78, 5) is 24.9. The lowest BCUT2D eigenvalue weighted by atomic mass is 9.84. The van der Waals surface area contributed by atoms with Crippen LogP contribution in [0, 0.1) is 5.41 Å². The number of urea groups is 1. The molecule has 0 bridgehead atoms. The number of aromatic nitrogens is 2. The fourth-order valence-electron chi connectivity index (χ4n) is 5.06. The van der Waals surface area contributed by atoms with Gasteiger partial charge < -0.3 is 25.0 Å². The van der Waals surface area contributed by atoms with Crippen LogP contribution >= 0.6 is 0 Å². The first-order valence-electron chi connectivity index (χ1n) is 13.4. The maximum atomic E-state index is 15.0. The second-order valence-corrected chi connectivity index (χ2v) is 11.3. The SMILES string of the molecule is CN1CCN(C(=O)N(CC(F)CN)[C@@H](c2nc(-c3ccccc3)cn2Cc2ccccc2)C(C)(C)C)CC1. The molecule has 2 heterocycles. The number of hydrogen-bond acceptors (Lipinski definition) is 4. The summed E-state index contributed by atoms with van der Waals surface area (Å²) < 4.78 is 17.1. The largest absolute Gasteiger partial charge is 0.328 e. The van der Waals surface area contributed by atoms with Gasteiger partial charge in [-0.2, -0.15) is 0 Å². The van der Waals surface area contributed by atoms with Crippen LogP contribution in [-0.2, 0) is 6.54 Å². The predicted molar refractivity (Wildman–Crippen MR) is 151 cm³/mol. The summed E-state index contributed by atoms with van der Waals surface area (Å²) in [6, 6.07) is 19.6. The highest BCUT2D eigenvalue weighted by Crippen LogP contribution is 2.40. The Morgan fingerprint density at radius 3 is 2.21 bits per heavy atom. The Hall–Kier alpha value is -3.23. The molecule has 7 nitrogen and oxygen atoms in total. The average Bonchev–Trinajstić information content (AvgIpc) is 3.31. The van der Waals surface area contributed by atoms with Gasteiger partial charge in [-0.15, -0.1) is 0 Å². The van der Waals surface area contributed by atoms with Crippen molar-refractivity contribution in [3.8, 4) is 11.3 Å². The second kappa shape index (κ2) is 12.1. The standard InChI is InChI=1S/C30H41FN6O/c1-30(2,3)27(37(21-25(31)19-32)29(38)35-17-15-34(4)16-18-35)28-33-26(24-13-9-6-10-14-24)22-36(28)20-23-11-7-5-8-12-23/h5-14,22,25,27H,15-21,32H2,1-4H3/t25?,27-/m0/s1. The molecule has 38 heavy (non-hydrogen) atoms. The molecule has 1 fully saturated rings. The quantitative estimate of drug-likeness (QED) is 0.469. The Morgan fingerprint density at radius 2 is 1.63 bits per heavy atom. The highest BCUT2D eigenvalue weighted by atomic mass is 19.1. The highest BCUT2D eigenvalue weighted by molar-refractivity contribution is 5.75. The second-order valence-electron chi connectivity index (χ2n) is 11.3. The number of piperazine rings is 1. The van der Waals surface area contributed by atoms with E-state index in [4.69, 9.17) is 10.7 Å². The van der Waals surface area contributed by atoms with Crippen molar-refractivity contribution in [1.29, 1.82) is 0 Å². The number of imidazole rings is 1. The van der Waals surface area contributed by atoms with E-state index < -0.39 is 17.6 Å². The molecule has 2 atom stereocenters. The Kier molecular flexibility index (Phi) is 8.84. The minimum Gasteiger partial charge on any atom is -0.328 e. The molecule has 2 amide bonds. The third-order valence-electron chi connectivity index (χ3n) is 7.12. The molecular formula is C30H41FN6O. The Balaban J connectivity index is 1.82. The molecule has 4 rings (SSSR count). The number of benzene rings is 2. The fourth-order valence-corrected chi connectivity index (χ4v) is 5.06. The van der Waals surface area contributed by atoms with Gasteiger partial charge in [-0.1, -0.05) is 81.4 Å². The van der Waals surface area contributed by atoms with Gasteiger partial charge in [0.25, 0.3) is 0 Å². The summed E-state index contributed by atoms with van der Waals surface area (Å²) in [5, 5.41) is 0. The monoisotopic (exact) mass is 520 g/mol. The average molecular weight is 521 g/mol. The Bertz CT molecular complexity index is 1170. The number of carbonyl (C=O) groups is 1. The lowest BCUT2D eigenvalue weighted by Gasteiger charge is -2.44. The van der Waals surface area contributed by atoms with Gasteiger partial charge >= 0.3 is 6.03 Å². The van der Waals surface area contributed by atoms with Crippen LogP contribution in [0.15, 0.2) is 66.9 Å². The van der Waals surface area contributed by atoms with E-state index in [9.17, 15) is 9.18 Å². The Labute approximate surface area is 226 Å². The van der Waals surface area contributed by atoms with Crippen molar-refractivity contribution in [2.24, 2.45) is 11.1 Å². The number of alkyl halides is 1. The number of amides is 2. The number of rotatable bonds is 8. The lowest BCUT2D eigenvalue weighted by Crippen LogP contribution is -2.55. The third-order valence-corrected chi connectivity index (χ3v) is 7.12. The van der Waals surface area contributed by atoms with Gasteiger partial charge in [0, 0.05) is 51.0 Å². The van der Waals surface area contributed by atoms with Crippen LogP contribution in [0.4, 0.5) is 9.18 Å². The molecule has 8 heteroatoms. The van der Waals surface area contributed by atoms with Gasteiger partial charge in [-0.25, -0.2) is 14.2 Å².